The summed E-state index contributed by atoms with van der Waals surface area (Å²) in [4.78, 5) is 33.4. The van der Waals surface area contributed by atoms with Crippen LogP contribution in [0, 0.1) is 6.92 Å². The van der Waals surface area contributed by atoms with Crippen LogP contribution in [0.15, 0.2) is 48.5 Å². The summed E-state index contributed by atoms with van der Waals surface area (Å²) < 4.78 is 7.55. The molecule has 0 aliphatic carbocycles. The number of benzene rings is 2. The van der Waals surface area contributed by atoms with Crippen LogP contribution in [-0.2, 0) is 4.74 Å². The topological polar surface area (TPSA) is 67.7 Å². The molecule has 1 aliphatic rings. The third-order valence-corrected chi connectivity index (χ3v) is 5.78. The second-order valence-corrected chi connectivity index (χ2v) is 9.31. The van der Waals surface area contributed by atoms with Gasteiger partial charge in [-0.2, -0.15) is 0 Å². The van der Waals surface area contributed by atoms with Crippen LogP contribution >= 0.6 is 0 Å². The van der Waals surface area contributed by atoms with Crippen molar-refractivity contribution in [3.8, 4) is 5.69 Å². The zero-order valence-electron chi connectivity index (χ0n) is 19.3. The summed E-state index contributed by atoms with van der Waals surface area (Å²) in [6, 6.07) is 15.6. The first-order valence-corrected chi connectivity index (χ1v) is 10.9. The van der Waals surface area contributed by atoms with Gasteiger partial charge in [0, 0.05) is 31.4 Å². The Labute approximate surface area is 188 Å². The fraction of sp³-hybridized carbons (Fsp3) is 0.400. The normalized spacial score (nSPS) is 16.4. The minimum absolute atomic E-state index is 0.0328. The summed E-state index contributed by atoms with van der Waals surface area (Å²) in [5.74, 6) is 0.843. The van der Waals surface area contributed by atoms with Crippen LogP contribution in [0.2, 0.25) is 0 Å². The van der Waals surface area contributed by atoms with Crippen LogP contribution in [-0.4, -0.2) is 63.1 Å². The number of hydrogen-bond donors (Lipinski definition) is 0. The second kappa shape index (κ2) is 8.30. The summed E-state index contributed by atoms with van der Waals surface area (Å²) in [5.41, 5.74) is 3.04. The maximum atomic E-state index is 13.1. The number of imidazole rings is 1. The van der Waals surface area contributed by atoms with Crippen LogP contribution in [0.4, 0.5) is 4.79 Å². The van der Waals surface area contributed by atoms with Crippen molar-refractivity contribution in [2.75, 3.05) is 20.1 Å². The van der Waals surface area contributed by atoms with Gasteiger partial charge < -0.3 is 14.5 Å². The first kappa shape index (κ1) is 21.9. The number of rotatable bonds is 3. The van der Waals surface area contributed by atoms with Gasteiger partial charge in [-0.05, 0) is 70.5 Å². The van der Waals surface area contributed by atoms with E-state index in [0.717, 1.165) is 29.0 Å². The number of carbonyl (C=O) groups is 2. The highest BCUT2D eigenvalue weighted by atomic mass is 16.6. The Morgan fingerprint density at radius 1 is 1.09 bits per heavy atom. The molecule has 0 radical (unpaired) electrons. The number of likely N-dealkylation sites (tertiary alicyclic amines) is 1. The number of nitrogens with zero attached hydrogens (tertiary/aromatic N) is 4. The summed E-state index contributed by atoms with van der Waals surface area (Å²) >= 11 is 0. The summed E-state index contributed by atoms with van der Waals surface area (Å²) in [6.07, 6.45) is 0.410. The van der Waals surface area contributed by atoms with E-state index in [-0.39, 0.29) is 18.0 Å². The molecule has 7 nitrogen and oxygen atoms in total. The molecule has 32 heavy (non-hydrogen) atoms. The lowest BCUT2D eigenvalue weighted by Crippen LogP contribution is -2.41. The maximum Gasteiger partial charge on any atom is 0.410 e. The molecule has 1 fully saturated rings. The van der Waals surface area contributed by atoms with Gasteiger partial charge in [-0.1, -0.05) is 12.1 Å². The standard InChI is InChI=1S/C25H30N4O3/c1-17-26-21-8-6-7-9-22(21)29(17)19-12-10-18(11-13-19)23(30)27(5)20-14-15-28(16-20)24(31)32-25(2,3)4/h6-13,20H,14-16H2,1-5H3/t20-/m0/s1. The van der Waals surface area contributed by atoms with Crippen LogP contribution in [0.3, 0.4) is 0 Å². The Hall–Kier alpha value is -3.35. The van der Waals surface area contributed by atoms with Gasteiger partial charge >= 0.3 is 6.09 Å². The van der Waals surface area contributed by atoms with Gasteiger partial charge in [0.15, 0.2) is 0 Å². The quantitative estimate of drug-likeness (QED) is 0.612. The Kier molecular flexibility index (Phi) is 5.67. The second-order valence-electron chi connectivity index (χ2n) is 9.31. The Morgan fingerprint density at radius 2 is 1.78 bits per heavy atom. The molecule has 1 aliphatic heterocycles. The minimum Gasteiger partial charge on any atom is -0.444 e. The van der Waals surface area contributed by atoms with Gasteiger partial charge in [-0.25, -0.2) is 9.78 Å². The average molecular weight is 435 g/mol. The average Bonchev–Trinajstić information content (AvgIpc) is 3.36. The largest absolute Gasteiger partial charge is 0.444 e. The van der Waals surface area contributed by atoms with Gasteiger partial charge in [0.1, 0.15) is 11.4 Å². The van der Waals surface area contributed by atoms with Crippen molar-refractivity contribution in [3.63, 3.8) is 0 Å². The molecule has 0 N–H and O–H groups in total. The van der Waals surface area contributed by atoms with Crippen molar-refractivity contribution in [2.24, 2.45) is 0 Å². The molecule has 0 saturated carbocycles. The van der Waals surface area contributed by atoms with Gasteiger partial charge in [0.2, 0.25) is 0 Å². The summed E-state index contributed by atoms with van der Waals surface area (Å²) in [5, 5.41) is 0. The molecule has 1 atom stereocenters. The molecule has 2 heterocycles. The summed E-state index contributed by atoms with van der Waals surface area (Å²) in [7, 11) is 1.80. The first-order valence-electron chi connectivity index (χ1n) is 10.9. The number of aryl methyl sites for hydroxylation is 1. The van der Waals surface area contributed by atoms with Crippen LogP contribution in [0.25, 0.3) is 16.7 Å². The smallest absolute Gasteiger partial charge is 0.410 e. The third-order valence-electron chi connectivity index (χ3n) is 5.78. The van der Waals surface area contributed by atoms with Crippen molar-refractivity contribution in [3.05, 3.63) is 59.9 Å². The summed E-state index contributed by atoms with van der Waals surface area (Å²) in [6.45, 7) is 8.60. The Morgan fingerprint density at radius 3 is 2.47 bits per heavy atom. The van der Waals surface area contributed by atoms with Gasteiger partial charge in [0.05, 0.1) is 17.1 Å². The lowest BCUT2D eigenvalue weighted by molar-refractivity contribution is 0.0279. The number of fused-ring (bicyclic) bond motifs is 1. The fourth-order valence-corrected chi connectivity index (χ4v) is 4.15. The molecule has 1 aromatic heterocycles. The number of aromatic nitrogens is 2. The van der Waals surface area contributed by atoms with Crippen molar-refractivity contribution in [1.29, 1.82) is 0 Å². The zero-order valence-corrected chi connectivity index (χ0v) is 19.3. The molecule has 1 saturated heterocycles. The molecular weight excluding hydrogens is 404 g/mol. The highest BCUT2D eigenvalue weighted by Gasteiger charge is 2.33. The zero-order chi connectivity index (χ0) is 23.0. The Bertz CT molecular complexity index is 1140. The molecule has 4 rings (SSSR count). The van der Waals surface area contributed by atoms with E-state index in [4.69, 9.17) is 4.74 Å². The lowest BCUT2D eigenvalue weighted by Gasteiger charge is -2.27. The van der Waals surface area contributed by atoms with Crippen molar-refractivity contribution >= 4 is 23.0 Å². The predicted octanol–water partition coefficient (Wildman–Crippen LogP) is 4.42. The number of amides is 2. The molecule has 168 valence electrons. The van der Waals surface area contributed by atoms with E-state index in [9.17, 15) is 9.59 Å². The van der Waals surface area contributed by atoms with Gasteiger partial charge in [-0.15, -0.1) is 0 Å². The van der Waals surface area contributed by atoms with E-state index < -0.39 is 5.60 Å². The number of likely N-dealkylation sites (N-methyl/N-ethyl adjacent to an activating group) is 1. The number of para-hydroxylation sites is 2. The Balaban J connectivity index is 1.46. The highest BCUT2D eigenvalue weighted by molar-refractivity contribution is 5.94. The van der Waals surface area contributed by atoms with Crippen molar-refractivity contribution in [1.82, 2.24) is 19.4 Å². The van der Waals surface area contributed by atoms with E-state index >= 15 is 0 Å². The van der Waals surface area contributed by atoms with E-state index in [0.29, 0.717) is 18.7 Å². The molecular formula is C25H30N4O3. The fourth-order valence-electron chi connectivity index (χ4n) is 4.15. The predicted molar refractivity (Wildman–Crippen MR) is 124 cm³/mol. The van der Waals surface area contributed by atoms with Crippen molar-refractivity contribution in [2.45, 2.75) is 45.8 Å². The SMILES string of the molecule is Cc1nc2ccccc2n1-c1ccc(C(=O)N(C)[C@H]2CCN(C(=O)OC(C)(C)C)C2)cc1. The molecule has 3 aromatic rings. The minimum atomic E-state index is -0.530. The lowest BCUT2D eigenvalue weighted by atomic mass is 10.1. The van der Waals surface area contributed by atoms with E-state index in [1.54, 1.807) is 16.8 Å². The molecule has 0 bridgehead atoms. The van der Waals surface area contributed by atoms with Crippen LogP contribution in [0.5, 0.6) is 0 Å². The molecule has 7 heteroatoms. The third kappa shape index (κ3) is 4.33. The van der Waals surface area contributed by atoms with Gasteiger partial charge in [0.25, 0.3) is 5.91 Å². The molecule has 0 unspecified atom stereocenters. The number of ether oxygens (including phenoxy) is 1. The maximum absolute atomic E-state index is 13.1. The van der Waals surface area contributed by atoms with E-state index in [1.165, 1.54) is 0 Å². The first-order chi connectivity index (χ1) is 15.1. The molecule has 2 amide bonds. The molecule has 2 aromatic carbocycles. The monoisotopic (exact) mass is 434 g/mol. The van der Waals surface area contributed by atoms with Crippen LogP contribution < -0.4 is 0 Å². The number of hydrogen-bond acceptors (Lipinski definition) is 4. The van der Waals surface area contributed by atoms with Crippen molar-refractivity contribution < 1.29 is 14.3 Å². The van der Waals surface area contributed by atoms with E-state index in [1.807, 2.05) is 76.2 Å². The van der Waals surface area contributed by atoms with Gasteiger partial charge in [-0.3, -0.25) is 9.36 Å². The highest BCUT2D eigenvalue weighted by Crippen LogP contribution is 2.23. The molecule has 0 spiro atoms. The number of carbonyl (C=O) groups excluding carboxylic acids is 2. The van der Waals surface area contributed by atoms with E-state index in [2.05, 4.69) is 9.55 Å². The van der Waals surface area contributed by atoms with Crippen LogP contribution in [0.1, 0.15) is 43.4 Å².